The Morgan fingerprint density at radius 3 is 1.36 bits per heavy atom. The second-order valence-electron chi connectivity index (χ2n) is 18.7. The van der Waals surface area contributed by atoms with Gasteiger partial charge in [-0.2, -0.15) is 0 Å². The molecular formula is C57H95NO10S2. The van der Waals surface area contributed by atoms with E-state index in [9.17, 15) is 24.0 Å². The third-order valence-electron chi connectivity index (χ3n) is 11.8. The van der Waals surface area contributed by atoms with Gasteiger partial charge in [-0.05, 0) is 95.2 Å². The molecule has 0 atom stereocenters. The van der Waals surface area contributed by atoms with Crippen molar-refractivity contribution < 1.29 is 47.7 Å². The van der Waals surface area contributed by atoms with Gasteiger partial charge in [0.2, 0.25) is 0 Å². The van der Waals surface area contributed by atoms with Crippen LogP contribution in [0.15, 0.2) is 48.6 Å². The van der Waals surface area contributed by atoms with Gasteiger partial charge < -0.3 is 29.0 Å². The van der Waals surface area contributed by atoms with E-state index in [0.29, 0.717) is 43.1 Å². The van der Waals surface area contributed by atoms with Crippen molar-refractivity contribution in [2.75, 3.05) is 44.5 Å². The lowest BCUT2D eigenvalue weighted by atomic mass is 9.93. The molecule has 0 unspecified atom stereocenters. The quantitative estimate of drug-likeness (QED) is 0.0166. The molecule has 11 nitrogen and oxygen atoms in total. The first-order valence-corrected chi connectivity index (χ1v) is 29.8. The Morgan fingerprint density at radius 2 is 0.914 bits per heavy atom. The first kappa shape index (κ1) is 64.6. The molecule has 70 heavy (non-hydrogen) atoms. The molecule has 0 spiro atoms. The van der Waals surface area contributed by atoms with Gasteiger partial charge in [-0.15, -0.1) is 0 Å². The van der Waals surface area contributed by atoms with Crippen molar-refractivity contribution in [2.24, 2.45) is 5.41 Å². The standard InChI is InChI=1S/C57H95NO10S2/c1-5-8-10-12-14-16-18-20-22-24-26-28-30-32-34-36-52(59)66-48-57(4,49-67-53(60)37-35-33-31-29-27-25-23-21-19-17-15-13-11-9-6-2)55(62)68-51-40-38-50(39-41-51)47-54(61)64-43-45-69-70-46-44-65-56(63)58-42-7-3/h20-23,38-41H,5-19,24-37,42-49H2,1-4H3,(H,58,63)/b22-20-,23-21-. The predicted molar refractivity (Wildman–Crippen MR) is 290 cm³/mol. The highest BCUT2D eigenvalue weighted by molar-refractivity contribution is 8.76. The van der Waals surface area contributed by atoms with E-state index in [-0.39, 0.29) is 50.8 Å². The van der Waals surface area contributed by atoms with E-state index in [0.717, 1.165) is 70.6 Å². The van der Waals surface area contributed by atoms with Gasteiger partial charge in [-0.25, -0.2) is 4.79 Å². The van der Waals surface area contributed by atoms with Gasteiger partial charge >= 0.3 is 30.0 Å². The Kier molecular flexibility index (Phi) is 43.0. The molecule has 1 N–H and O–H groups in total. The minimum absolute atomic E-state index is 0.0454. The van der Waals surface area contributed by atoms with E-state index in [1.165, 1.54) is 111 Å². The van der Waals surface area contributed by atoms with Gasteiger partial charge in [-0.3, -0.25) is 19.2 Å². The van der Waals surface area contributed by atoms with Gasteiger partial charge in [0.15, 0.2) is 0 Å². The summed E-state index contributed by atoms with van der Waals surface area (Å²) < 4.78 is 27.5. The van der Waals surface area contributed by atoms with Crippen LogP contribution < -0.4 is 10.1 Å². The first-order valence-electron chi connectivity index (χ1n) is 27.4. The first-order chi connectivity index (χ1) is 34.1. The minimum atomic E-state index is -1.44. The van der Waals surface area contributed by atoms with Gasteiger partial charge in [0, 0.05) is 30.9 Å². The number of esters is 4. The summed E-state index contributed by atoms with van der Waals surface area (Å²) in [6.45, 7) is 8.60. The molecule has 0 saturated heterocycles. The number of nitrogens with one attached hydrogen (secondary N) is 1. The number of carbonyl (C=O) groups is 5. The normalized spacial score (nSPS) is 11.5. The van der Waals surface area contributed by atoms with E-state index >= 15 is 0 Å². The SMILES string of the molecule is CCCCCCCC/C=C\CCCCCCCC(=O)OCC(C)(COC(=O)CCCCCCC/C=C\CCCCCCCC)C(=O)Oc1ccc(CC(=O)OCCSSCCOC(=O)NCCC)cc1. The third kappa shape index (κ3) is 39.2. The maximum absolute atomic E-state index is 13.7. The second-order valence-corrected chi connectivity index (χ2v) is 21.4. The van der Waals surface area contributed by atoms with Crippen LogP contribution in [-0.2, 0) is 44.5 Å². The molecule has 1 rings (SSSR count). The molecule has 0 aliphatic carbocycles. The summed E-state index contributed by atoms with van der Waals surface area (Å²) in [4.78, 5) is 63.4. The number of allylic oxidation sites excluding steroid dienone is 4. The van der Waals surface area contributed by atoms with Gasteiger partial charge in [0.05, 0.1) is 6.42 Å². The Morgan fingerprint density at radius 1 is 0.500 bits per heavy atom. The fourth-order valence-corrected chi connectivity index (χ4v) is 8.99. The highest BCUT2D eigenvalue weighted by atomic mass is 33.1. The van der Waals surface area contributed by atoms with Crippen LogP contribution >= 0.6 is 21.6 Å². The molecule has 0 heterocycles. The Labute approximate surface area is 432 Å². The zero-order valence-electron chi connectivity index (χ0n) is 44.2. The van der Waals surface area contributed by atoms with Crippen LogP contribution in [0.5, 0.6) is 5.75 Å². The summed E-state index contributed by atoms with van der Waals surface area (Å²) in [5, 5.41) is 2.66. The molecule has 0 bridgehead atoms. The van der Waals surface area contributed by atoms with Crippen molar-refractivity contribution in [1.82, 2.24) is 5.32 Å². The number of hydrogen-bond donors (Lipinski definition) is 1. The summed E-state index contributed by atoms with van der Waals surface area (Å²) in [6, 6.07) is 6.56. The predicted octanol–water partition coefficient (Wildman–Crippen LogP) is 15.4. The van der Waals surface area contributed by atoms with Crippen molar-refractivity contribution in [3.8, 4) is 5.75 Å². The Balaban J connectivity index is 2.56. The molecule has 0 aliphatic rings. The number of rotatable bonds is 47. The molecular weight excluding hydrogens is 923 g/mol. The van der Waals surface area contributed by atoms with Crippen molar-refractivity contribution in [1.29, 1.82) is 0 Å². The monoisotopic (exact) mass is 1020 g/mol. The maximum atomic E-state index is 13.7. The third-order valence-corrected chi connectivity index (χ3v) is 14.1. The summed E-state index contributed by atoms with van der Waals surface area (Å²) >= 11 is 0. The Hall–Kier alpha value is -3.45. The van der Waals surface area contributed by atoms with Crippen LogP contribution in [0.4, 0.5) is 4.79 Å². The lowest BCUT2D eigenvalue weighted by molar-refractivity contribution is -0.164. The summed E-state index contributed by atoms with van der Waals surface area (Å²) in [7, 11) is 3.07. The second kappa shape index (κ2) is 46.6. The molecule has 0 aromatic heterocycles. The highest BCUT2D eigenvalue weighted by Gasteiger charge is 2.39. The van der Waals surface area contributed by atoms with E-state index in [4.69, 9.17) is 23.7 Å². The highest BCUT2D eigenvalue weighted by Crippen LogP contribution is 2.25. The Bertz CT molecular complexity index is 1480. The number of amides is 1. The van der Waals surface area contributed by atoms with Crippen LogP contribution in [0, 0.1) is 5.41 Å². The minimum Gasteiger partial charge on any atom is -0.465 e. The van der Waals surface area contributed by atoms with Crippen molar-refractivity contribution in [3.63, 3.8) is 0 Å². The van der Waals surface area contributed by atoms with Crippen LogP contribution in [0.1, 0.15) is 219 Å². The summed E-state index contributed by atoms with van der Waals surface area (Å²) in [5.41, 5.74) is -0.756. The molecule has 0 radical (unpaired) electrons. The zero-order chi connectivity index (χ0) is 51.0. The van der Waals surface area contributed by atoms with Crippen LogP contribution in [-0.4, -0.2) is 74.4 Å². The van der Waals surface area contributed by atoms with E-state index < -0.39 is 29.4 Å². The summed E-state index contributed by atoms with van der Waals surface area (Å²) in [6.07, 6.45) is 40.5. The lowest BCUT2D eigenvalue weighted by Gasteiger charge is -2.26. The maximum Gasteiger partial charge on any atom is 0.407 e. The van der Waals surface area contributed by atoms with Crippen LogP contribution in [0.25, 0.3) is 0 Å². The average molecular weight is 1020 g/mol. The molecule has 13 heteroatoms. The van der Waals surface area contributed by atoms with E-state index in [1.807, 2.05) is 6.92 Å². The number of carbonyl (C=O) groups excluding carboxylic acids is 5. The summed E-state index contributed by atoms with van der Waals surface area (Å²) in [5.74, 6) is -0.415. The largest absolute Gasteiger partial charge is 0.465 e. The van der Waals surface area contributed by atoms with Crippen LogP contribution in [0.2, 0.25) is 0 Å². The lowest BCUT2D eigenvalue weighted by Crippen LogP contribution is -2.41. The van der Waals surface area contributed by atoms with Gasteiger partial charge in [0.25, 0.3) is 0 Å². The molecule has 0 saturated carbocycles. The fraction of sp³-hybridized carbons (Fsp3) is 0.737. The zero-order valence-corrected chi connectivity index (χ0v) is 45.8. The van der Waals surface area contributed by atoms with Crippen molar-refractivity contribution in [3.05, 3.63) is 54.1 Å². The van der Waals surface area contributed by atoms with E-state index in [1.54, 1.807) is 31.2 Å². The fourth-order valence-electron chi connectivity index (χ4n) is 7.34. The van der Waals surface area contributed by atoms with Crippen LogP contribution in [0.3, 0.4) is 0 Å². The van der Waals surface area contributed by atoms with Crippen molar-refractivity contribution in [2.45, 2.75) is 220 Å². The molecule has 400 valence electrons. The number of hydrogen-bond acceptors (Lipinski definition) is 12. The molecule has 1 aromatic carbocycles. The average Bonchev–Trinajstić information content (AvgIpc) is 3.35. The number of alkyl carbamates (subject to hydrolysis) is 1. The molecule has 1 aromatic rings. The molecule has 0 fully saturated rings. The topological polar surface area (TPSA) is 144 Å². The van der Waals surface area contributed by atoms with Crippen molar-refractivity contribution >= 4 is 51.6 Å². The number of ether oxygens (including phenoxy) is 5. The molecule has 0 aliphatic heterocycles. The number of benzene rings is 1. The number of unbranched alkanes of at least 4 members (excludes halogenated alkanes) is 22. The van der Waals surface area contributed by atoms with E-state index in [2.05, 4.69) is 43.5 Å². The van der Waals surface area contributed by atoms with Gasteiger partial charge in [0.1, 0.15) is 37.6 Å². The smallest absolute Gasteiger partial charge is 0.407 e. The molecule has 1 amide bonds. The van der Waals surface area contributed by atoms with Gasteiger partial charge in [-0.1, -0.05) is 182 Å².